The minimum absolute atomic E-state index is 0.261. The average molecular weight is 359 g/mol. The fourth-order valence-corrected chi connectivity index (χ4v) is 4.09. The van der Waals surface area contributed by atoms with Gasteiger partial charge in [0, 0.05) is 18.5 Å². The molecule has 5 nitrogen and oxygen atoms in total. The first-order chi connectivity index (χ1) is 13.3. The number of rotatable bonds is 3. The van der Waals surface area contributed by atoms with Crippen molar-refractivity contribution in [2.24, 2.45) is 5.92 Å². The summed E-state index contributed by atoms with van der Waals surface area (Å²) in [5.74, 6) is 1.11. The third-order valence-electron chi connectivity index (χ3n) is 5.57. The highest BCUT2D eigenvalue weighted by Crippen LogP contribution is 2.36. The lowest BCUT2D eigenvalue weighted by molar-refractivity contribution is 0.0929. The molecule has 5 rings (SSSR count). The van der Waals surface area contributed by atoms with Gasteiger partial charge >= 0.3 is 0 Å². The van der Waals surface area contributed by atoms with Crippen molar-refractivity contribution in [2.75, 3.05) is 18.0 Å². The van der Waals surface area contributed by atoms with Crippen molar-refractivity contribution in [2.45, 2.75) is 18.9 Å². The zero-order valence-electron chi connectivity index (χ0n) is 15.0. The van der Waals surface area contributed by atoms with E-state index in [1.54, 1.807) is 6.33 Å². The first-order valence-corrected chi connectivity index (χ1v) is 9.41. The lowest BCUT2D eigenvalue weighted by Crippen LogP contribution is -2.36. The Morgan fingerprint density at radius 1 is 0.963 bits per heavy atom. The number of aliphatic hydroxyl groups is 1. The topological polar surface area (TPSA) is 62.4 Å². The molecule has 2 aromatic carbocycles. The molecule has 1 saturated heterocycles. The molecular formula is C22H21N3O2. The minimum atomic E-state index is -0.412. The Balaban J connectivity index is 1.40. The zero-order valence-corrected chi connectivity index (χ0v) is 15.0. The summed E-state index contributed by atoms with van der Waals surface area (Å²) in [6.45, 7) is 1.69. The molecule has 0 amide bonds. The highest BCUT2D eigenvalue weighted by atomic mass is 16.3. The maximum absolute atomic E-state index is 10.7. The molecule has 0 radical (unpaired) electrons. The van der Waals surface area contributed by atoms with E-state index < -0.39 is 6.10 Å². The maximum atomic E-state index is 10.7. The van der Waals surface area contributed by atoms with Gasteiger partial charge in [0.15, 0.2) is 11.4 Å². The van der Waals surface area contributed by atoms with Crippen LogP contribution in [0.5, 0.6) is 0 Å². The quantitative estimate of drug-likeness (QED) is 0.590. The molecule has 1 aliphatic rings. The van der Waals surface area contributed by atoms with Gasteiger partial charge in [0.2, 0.25) is 0 Å². The van der Waals surface area contributed by atoms with Crippen molar-refractivity contribution < 1.29 is 9.52 Å². The van der Waals surface area contributed by atoms with Gasteiger partial charge in [0.05, 0.1) is 6.10 Å². The number of benzene rings is 2. The Hall–Kier alpha value is -2.92. The van der Waals surface area contributed by atoms with Crippen molar-refractivity contribution >= 4 is 27.9 Å². The Morgan fingerprint density at radius 2 is 1.70 bits per heavy atom. The first-order valence-electron chi connectivity index (χ1n) is 9.41. The number of hydrogen-bond acceptors (Lipinski definition) is 5. The summed E-state index contributed by atoms with van der Waals surface area (Å²) < 4.78 is 6.06. The van der Waals surface area contributed by atoms with E-state index in [4.69, 9.17) is 4.42 Å². The van der Waals surface area contributed by atoms with E-state index in [2.05, 4.69) is 14.9 Å². The molecule has 0 saturated carbocycles. The number of piperidine rings is 1. The molecule has 1 atom stereocenters. The zero-order chi connectivity index (χ0) is 18.2. The number of anilines is 1. The summed E-state index contributed by atoms with van der Waals surface area (Å²) in [4.78, 5) is 11.2. The largest absolute Gasteiger partial charge is 0.450 e. The van der Waals surface area contributed by atoms with Crippen LogP contribution < -0.4 is 4.90 Å². The fraction of sp³-hybridized carbons (Fsp3) is 0.273. The Labute approximate surface area is 157 Å². The van der Waals surface area contributed by atoms with Crippen LogP contribution in [0.2, 0.25) is 0 Å². The van der Waals surface area contributed by atoms with Crippen LogP contribution in [-0.4, -0.2) is 28.2 Å². The lowest BCUT2D eigenvalue weighted by Gasteiger charge is -2.34. The Morgan fingerprint density at radius 3 is 2.52 bits per heavy atom. The smallest absolute Gasteiger partial charge is 0.196 e. The van der Waals surface area contributed by atoms with E-state index in [0.29, 0.717) is 0 Å². The van der Waals surface area contributed by atoms with Gasteiger partial charge in [-0.2, -0.15) is 0 Å². The van der Waals surface area contributed by atoms with Gasteiger partial charge in [-0.25, -0.2) is 9.97 Å². The molecule has 0 bridgehead atoms. The number of furan rings is 1. The monoisotopic (exact) mass is 359 g/mol. The molecule has 1 aliphatic heterocycles. The van der Waals surface area contributed by atoms with Crippen molar-refractivity contribution in [1.29, 1.82) is 0 Å². The molecule has 2 aromatic heterocycles. The number of fused-ring (bicyclic) bond motifs is 3. The Kier molecular flexibility index (Phi) is 4.02. The van der Waals surface area contributed by atoms with Crippen molar-refractivity contribution in [3.8, 4) is 0 Å². The van der Waals surface area contributed by atoms with Crippen LogP contribution in [0, 0.1) is 5.92 Å². The molecule has 1 fully saturated rings. The lowest BCUT2D eigenvalue weighted by atomic mass is 9.87. The Bertz CT molecular complexity index is 1070. The fourth-order valence-electron chi connectivity index (χ4n) is 4.09. The molecular weight excluding hydrogens is 338 g/mol. The van der Waals surface area contributed by atoms with Crippen LogP contribution in [0.1, 0.15) is 24.5 Å². The van der Waals surface area contributed by atoms with Gasteiger partial charge < -0.3 is 14.4 Å². The predicted molar refractivity (Wildman–Crippen MR) is 106 cm³/mol. The average Bonchev–Trinajstić information content (AvgIpc) is 3.13. The summed E-state index contributed by atoms with van der Waals surface area (Å²) in [7, 11) is 0. The molecule has 5 heteroatoms. The summed E-state index contributed by atoms with van der Waals surface area (Å²) in [5, 5.41) is 11.7. The third kappa shape index (κ3) is 2.84. The SMILES string of the molecule is O[C@@H](c1ccccc1)C1CCN(c2ncnc3c2oc2ccccc23)CC1. The summed E-state index contributed by atoms with van der Waals surface area (Å²) in [6.07, 6.45) is 3.04. The summed E-state index contributed by atoms with van der Waals surface area (Å²) >= 11 is 0. The number of hydrogen-bond donors (Lipinski definition) is 1. The summed E-state index contributed by atoms with van der Waals surface area (Å²) in [5.41, 5.74) is 3.45. The van der Waals surface area contributed by atoms with Gasteiger partial charge in [-0.1, -0.05) is 42.5 Å². The third-order valence-corrected chi connectivity index (χ3v) is 5.57. The van der Waals surface area contributed by atoms with E-state index in [-0.39, 0.29) is 5.92 Å². The van der Waals surface area contributed by atoms with Crippen LogP contribution in [0.15, 0.2) is 65.3 Å². The number of aromatic nitrogens is 2. The molecule has 1 N–H and O–H groups in total. The van der Waals surface area contributed by atoms with E-state index in [0.717, 1.165) is 59.4 Å². The molecule has 0 spiro atoms. The van der Waals surface area contributed by atoms with E-state index >= 15 is 0 Å². The van der Waals surface area contributed by atoms with Crippen molar-refractivity contribution in [3.05, 3.63) is 66.5 Å². The molecule has 27 heavy (non-hydrogen) atoms. The standard InChI is InChI=1S/C22H21N3O2/c26-20(15-6-2-1-3-7-15)16-10-12-25(13-11-16)22-21-19(23-14-24-22)17-8-4-5-9-18(17)27-21/h1-9,14,16,20,26H,10-13H2/t20-/m0/s1. The molecule has 4 aromatic rings. The van der Waals surface area contributed by atoms with E-state index in [1.807, 2.05) is 54.6 Å². The predicted octanol–water partition coefficient (Wildman–Crippen LogP) is 4.33. The van der Waals surface area contributed by atoms with Crippen molar-refractivity contribution in [3.63, 3.8) is 0 Å². The highest BCUT2D eigenvalue weighted by Gasteiger charge is 2.28. The van der Waals surface area contributed by atoms with Crippen LogP contribution in [0.25, 0.3) is 22.1 Å². The molecule has 0 unspecified atom stereocenters. The van der Waals surface area contributed by atoms with E-state index in [9.17, 15) is 5.11 Å². The maximum Gasteiger partial charge on any atom is 0.196 e. The second-order valence-electron chi connectivity index (χ2n) is 7.15. The first kappa shape index (κ1) is 16.3. The van der Waals surface area contributed by atoms with Crippen molar-refractivity contribution in [1.82, 2.24) is 9.97 Å². The van der Waals surface area contributed by atoms with Crippen LogP contribution >= 0.6 is 0 Å². The van der Waals surface area contributed by atoms with Gasteiger partial charge in [0.1, 0.15) is 17.4 Å². The molecule has 0 aliphatic carbocycles. The second-order valence-corrected chi connectivity index (χ2v) is 7.15. The van der Waals surface area contributed by atoms with Gasteiger partial charge in [0.25, 0.3) is 0 Å². The van der Waals surface area contributed by atoms with Gasteiger partial charge in [-0.05, 0) is 36.5 Å². The molecule has 3 heterocycles. The number of nitrogens with zero attached hydrogens (tertiary/aromatic N) is 3. The normalized spacial score (nSPS) is 16.9. The van der Waals surface area contributed by atoms with Crippen LogP contribution in [-0.2, 0) is 0 Å². The van der Waals surface area contributed by atoms with Gasteiger partial charge in [-0.3, -0.25) is 0 Å². The van der Waals surface area contributed by atoms with Crippen LogP contribution in [0.4, 0.5) is 5.82 Å². The van der Waals surface area contributed by atoms with E-state index in [1.165, 1.54) is 0 Å². The number of aliphatic hydroxyl groups excluding tert-OH is 1. The van der Waals surface area contributed by atoms with Gasteiger partial charge in [-0.15, -0.1) is 0 Å². The number of para-hydroxylation sites is 1. The highest BCUT2D eigenvalue weighted by molar-refractivity contribution is 6.05. The summed E-state index contributed by atoms with van der Waals surface area (Å²) in [6, 6.07) is 17.9. The van der Waals surface area contributed by atoms with Crippen LogP contribution in [0.3, 0.4) is 0 Å². The molecule has 136 valence electrons. The minimum Gasteiger partial charge on any atom is -0.450 e. The second kappa shape index (κ2) is 6.67.